The third-order valence-corrected chi connectivity index (χ3v) is 2.87. The number of nitrogens with zero attached hydrogens (tertiary/aromatic N) is 2. The van der Waals surface area contributed by atoms with Gasteiger partial charge in [-0.3, -0.25) is 4.90 Å². The van der Waals surface area contributed by atoms with Crippen molar-refractivity contribution >= 4 is 0 Å². The second-order valence-electron chi connectivity index (χ2n) is 5.50. The molecule has 1 heterocycles. The van der Waals surface area contributed by atoms with E-state index in [1.165, 1.54) is 0 Å². The molecule has 16 heavy (non-hydrogen) atoms. The molecule has 0 aromatic heterocycles. The number of hydrogen-bond acceptors (Lipinski definition) is 4. The monoisotopic (exact) mass is 225 g/mol. The van der Waals surface area contributed by atoms with E-state index >= 15 is 0 Å². The highest BCUT2D eigenvalue weighted by Gasteiger charge is 2.27. The summed E-state index contributed by atoms with van der Waals surface area (Å²) in [6, 6.07) is 2.73. The van der Waals surface area contributed by atoms with Crippen LogP contribution in [-0.2, 0) is 4.74 Å². The first-order valence-electron chi connectivity index (χ1n) is 5.93. The maximum Gasteiger partial charge on any atom is 0.1000 e. The molecule has 0 radical (unpaired) electrons. The van der Waals surface area contributed by atoms with E-state index in [4.69, 9.17) is 15.7 Å². The standard InChI is InChI=1S/C12H23N3O/c1-12(2,3)16-9-15-7-5-10(14)8-11(15)4-6-13/h10-11H,4-5,7-9,14H2,1-3H3/t10-,11+/m0/s1. The second kappa shape index (κ2) is 5.62. The molecule has 0 spiro atoms. The average molecular weight is 225 g/mol. The topological polar surface area (TPSA) is 62.3 Å². The van der Waals surface area contributed by atoms with Crippen LogP contribution < -0.4 is 5.73 Å². The molecular formula is C12H23N3O. The van der Waals surface area contributed by atoms with Gasteiger partial charge in [0.05, 0.1) is 24.8 Å². The molecule has 1 fully saturated rings. The van der Waals surface area contributed by atoms with Gasteiger partial charge in [0.2, 0.25) is 0 Å². The molecule has 2 atom stereocenters. The van der Waals surface area contributed by atoms with Crippen LogP contribution in [0.2, 0.25) is 0 Å². The fourth-order valence-electron chi connectivity index (χ4n) is 1.89. The zero-order valence-electron chi connectivity index (χ0n) is 10.6. The van der Waals surface area contributed by atoms with Gasteiger partial charge in [-0.1, -0.05) is 0 Å². The Hall–Kier alpha value is -0.630. The van der Waals surface area contributed by atoms with Crippen LogP contribution in [0, 0.1) is 11.3 Å². The van der Waals surface area contributed by atoms with Crippen molar-refractivity contribution < 1.29 is 4.74 Å². The van der Waals surface area contributed by atoms with Crippen LogP contribution >= 0.6 is 0 Å². The smallest absolute Gasteiger partial charge is 0.1000 e. The number of ether oxygens (including phenoxy) is 1. The van der Waals surface area contributed by atoms with Gasteiger partial charge < -0.3 is 10.5 Å². The van der Waals surface area contributed by atoms with Crippen LogP contribution in [-0.4, -0.2) is 35.9 Å². The number of likely N-dealkylation sites (tertiary alicyclic amines) is 1. The van der Waals surface area contributed by atoms with Crippen molar-refractivity contribution in [3.05, 3.63) is 0 Å². The number of rotatable bonds is 3. The van der Waals surface area contributed by atoms with Crippen LogP contribution in [0.5, 0.6) is 0 Å². The van der Waals surface area contributed by atoms with Gasteiger partial charge in [0.1, 0.15) is 0 Å². The molecule has 1 saturated heterocycles. The summed E-state index contributed by atoms with van der Waals surface area (Å²) in [5.41, 5.74) is 5.79. The number of hydrogen-bond donors (Lipinski definition) is 1. The van der Waals surface area contributed by atoms with E-state index in [9.17, 15) is 0 Å². The minimum absolute atomic E-state index is 0.128. The maximum absolute atomic E-state index is 8.79. The Kier molecular flexibility index (Phi) is 4.72. The normalized spacial score (nSPS) is 27.7. The minimum Gasteiger partial charge on any atom is -0.360 e. The summed E-state index contributed by atoms with van der Waals surface area (Å²) >= 11 is 0. The lowest BCUT2D eigenvalue weighted by molar-refractivity contribution is -0.0836. The van der Waals surface area contributed by atoms with Crippen molar-refractivity contribution in [2.75, 3.05) is 13.3 Å². The molecule has 0 aliphatic carbocycles. The fraction of sp³-hybridized carbons (Fsp3) is 0.917. The van der Waals surface area contributed by atoms with E-state index in [-0.39, 0.29) is 17.7 Å². The highest BCUT2D eigenvalue weighted by molar-refractivity contribution is 4.89. The Bertz CT molecular complexity index is 254. The summed E-state index contributed by atoms with van der Waals surface area (Å²) in [7, 11) is 0. The summed E-state index contributed by atoms with van der Waals surface area (Å²) < 4.78 is 5.76. The molecule has 92 valence electrons. The van der Waals surface area contributed by atoms with Gasteiger partial charge in [0.15, 0.2) is 0 Å². The van der Waals surface area contributed by atoms with Gasteiger partial charge in [-0.05, 0) is 33.6 Å². The molecule has 0 saturated carbocycles. The van der Waals surface area contributed by atoms with Crippen LogP contribution in [0.25, 0.3) is 0 Å². The van der Waals surface area contributed by atoms with Crippen LogP contribution in [0.3, 0.4) is 0 Å². The number of piperidine rings is 1. The van der Waals surface area contributed by atoms with Crippen molar-refractivity contribution in [3.8, 4) is 6.07 Å². The molecule has 0 aromatic carbocycles. The van der Waals surface area contributed by atoms with E-state index in [1.807, 2.05) is 20.8 Å². The van der Waals surface area contributed by atoms with Crippen LogP contribution in [0.4, 0.5) is 0 Å². The highest BCUT2D eigenvalue weighted by Crippen LogP contribution is 2.20. The largest absolute Gasteiger partial charge is 0.360 e. The van der Waals surface area contributed by atoms with Crippen LogP contribution in [0.15, 0.2) is 0 Å². The third-order valence-electron chi connectivity index (χ3n) is 2.87. The molecule has 4 nitrogen and oxygen atoms in total. The van der Waals surface area contributed by atoms with Gasteiger partial charge in [-0.25, -0.2) is 0 Å². The SMILES string of the molecule is CC(C)(C)OCN1CC[C@H](N)C[C@H]1CC#N. The van der Waals surface area contributed by atoms with Gasteiger partial charge in [0, 0.05) is 18.6 Å². The van der Waals surface area contributed by atoms with Crippen molar-refractivity contribution in [2.24, 2.45) is 5.73 Å². The predicted octanol–water partition coefficient (Wildman–Crippen LogP) is 1.46. The molecule has 0 amide bonds. The molecule has 1 aliphatic rings. The van der Waals surface area contributed by atoms with Crippen LogP contribution in [0.1, 0.15) is 40.0 Å². The molecule has 2 N–H and O–H groups in total. The zero-order valence-corrected chi connectivity index (χ0v) is 10.6. The van der Waals surface area contributed by atoms with E-state index in [1.54, 1.807) is 0 Å². The Morgan fingerprint density at radius 2 is 2.19 bits per heavy atom. The van der Waals surface area contributed by atoms with E-state index < -0.39 is 0 Å². The fourth-order valence-corrected chi connectivity index (χ4v) is 1.89. The first kappa shape index (κ1) is 13.4. The molecule has 1 aliphatic heterocycles. The summed E-state index contributed by atoms with van der Waals surface area (Å²) in [5, 5.41) is 8.79. The minimum atomic E-state index is -0.128. The lowest BCUT2D eigenvalue weighted by Crippen LogP contribution is -2.48. The van der Waals surface area contributed by atoms with Crippen molar-refractivity contribution in [1.29, 1.82) is 5.26 Å². The summed E-state index contributed by atoms with van der Waals surface area (Å²) in [5.74, 6) is 0. The predicted molar refractivity (Wildman–Crippen MR) is 63.6 cm³/mol. The second-order valence-corrected chi connectivity index (χ2v) is 5.50. The van der Waals surface area contributed by atoms with E-state index in [2.05, 4.69) is 11.0 Å². The van der Waals surface area contributed by atoms with Crippen molar-refractivity contribution in [2.45, 2.75) is 57.7 Å². The molecule has 4 heteroatoms. The Morgan fingerprint density at radius 3 is 2.75 bits per heavy atom. The Morgan fingerprint density at radius 1 is 1.50 bits per heavy atom. The summed E-state index contributed by atoms with van der Waals surface area (Å²) in [4.78, 5) is 2.23. The molecule has 0 unspecified atom stereocenters. The quantitative estimate of drug-likeness (QED) is 0.790. The molecule has 0 aromatic rings. The third kappa shape index (κ3) is 4.48. The number of nitriles is 1. The lowest BCUT2D eigenvalue weighted by atomic mass is 9.96. The Labute approximate surface area is 98.4 Å². The molecular weight excluding hydrogens is 202 g/mol. The lowest BCUT2D eigenvalue weighted by Gasteiger charge is -2.38. The van der Waals surface area contributed by atoms with E-state index in [0.717, 1.165) is 19.4 Å². The van der Waals surface area contributed by atoms with Gasteiger partial charge in [-0.2, -0.15) is 5.26 Å². The average Bonchev–Trinajstić information content (AvgIpc) is 2.15. The Balaban J connectivity index is 2.46. The summed E-state index contributed by atoms with van der Waals surface area (Å²) in [6.07, 6.45) is 2.44. The van der Waals surface area contributed by atoms with Gasteiger partial charge in [0.25, 0.3) is 0 Å². The van der Waals surface area contributed by atoms with Gasteiger partial charge in [-0.15, -0.1) is 0 Å². The molecule has 1 rings (SSSR count). The van der Waals surface area contributed by atoms with E-state index in [0.29, 0.717) is 13.2 Å². The zero-order chi connectivity index (χ0) is 12.2. The molecule has 0 bridgehead atoms. The first-order chi connectivity index (χ1) is 7.42. The maximum atomic E-state index is 8.79. The van der Waals surface area contributed by atoms with Crippen molar-refractivity contribution in [1.82, 2.24) is 4.90 Å². The number of nitrogens with two attached hydrogens (primary N) is 1. The van der Waals surface area contributed by atoms with Crippen molar-refractivity contribution in [3.63, 3.8) is 0 Å². The summed E-state index contributed by atoms with van der Waals surface area (Å²) in [6.45, 7) is 7.66. The highest BCUT2D eigenvalue weighted by atomic mass is 16.5. The first-order valence-corrected chi connectivity index (χ1v) is 5.93. The van der Waals surface area contributed by atoms with Gasteiger partial charge >= 0.3 is 0 Å².